The molecule has 4 heteroatoms. The van der Waals surface area contributed by atoms with Gasteiger partial charge in [0.1, 0.15) is 5.75 Å². The fourth-order valence-electron chi connectivity index (χ4n) is 3.90. The lowest BCUT2D eigenvalue weighted by Crippen LogP contribution is -2.21. The maximum Gasteiger partial charge on any atom is 0.186 e. The number of carbonyl (C=O) groups excluding carboxylic acids is 1. The Morgan fingerprint density at radius 2 is 1.69 bits per heavy atom. The molecule has 1 fully saturated rings. The summed E-state index contributed by atoms with van der Waals surface area (Å²) in [5.74, 6) is 0.898. The van der Waals surface area contributed by atoms with Crippen LogP contribution in [-0.2, 0) is 0 Å². The molecule has 2 aromatic carbocycles. The van der Waals surface area contributed by atoms with Crippen LogP contribution in [0.3, 0.4) is 0 Å². The maximum absolute atomic E-state index is 12.8. The Morgan fingerprint density at radius 3 is 2.34 bits per heavy atom. The number of ketones is 1. The molecule has 1 aliphatic heterocycles. The molecule has 0 bridgehead atoms. The Kier molecular flexibility index (Phi) is 8.94. The highest BCUT2D eigenvalue weighted by Gasteiger charge is 2.13. The maximum atomic E-state index is 12.8. The molecule has 3 nitrogen and oxygen atoms in total. The van der Waals surface area contributed by atoms with E-state index < -0.39 is 0 Å². The molecule has 1 heterocycles. The Bertz CT molecular complexity index is 831. The van der Waals surface area contributed by atoms with E-state index in [4.69, 9.17) is 4.74 Å². The Balaban J connectivity index is 0.00000300. The van der Waals surface area contributed by atoms with E-state index in [1.807, 2.05) is 50.3 Å². The Labute approximate surface area is 181 Å². The molecule has 156 valence electrons. The zero-order valence-corrected chi connectivity index (χ0v) is 18.6. The second-order valence-electron chi connectivity index (χ2n) is 7.74. The van der Waals surface area contributed by atoms with Gasteiger partial charge in [0.2, 0.25) is 0 Å². The average molecular weight is 414 g/mol. The summed E-state index contributed by atoms with van der Waals surface area (Å²) in [6.07, 6.45) is 7.27. The van der Waals surface area contributed by atoms with Crippen LogP contribution in [0.1, 0.15) is 51.9 Å². The van der Waals surface area contributed by atoms with E-state index in [-0.39, 0.29) is 18.2 Å². The van der Waals surface area contributed by atoms with Gasteiger partial charge in [-0.25, -0.2) is 0 Å². The lowest BCUT2D eigenvalue weighted by Gasteiger charge is -2.15. The van der Waals surface area contributed by atoms with Crippen molar-refractivity contribution in [3.8, 4) is 5.75 Å². The third kappa shape index (κ3) is 6.45. The van der Waals surface area contributed by atoms with E-state index in [1.54, 1.807) is 6.08 Å². The number of ether oxygens (including phenoxy) is 1. The molecule has 0 spiro atoms. The van der Waals surface area contributed by atoms with Gasteiger partial charge in [0.05, 0.1) is 6.61 Å². The molecule has 1 aliphatic rings. The van der Waals surface area contributed by atoms with Gasteiger partial charge in [-0.1, -0.05) is 30.3 Å². The van der Waals surface area contributed by atoms with Crippen molar-refractivity contribution in [1.29, 1.82) is 0 Å². The van der Waals surface area contributed by atoms with E-state index in [0.29, 0.717) is 0 Å². The third-order valence-electron chi connectivity index (χ3n) is 5.44. The van der Waals surface area contributed by atoms with Crippen LogP contribution in [0.2, 0.25) is 0 Å². The summed E-state index contributed by atoms with van der Waals surface area (Å²) in [7, 11) is 0. The van der Waals surface area contributed by atoms with Crippen molar-refractivity contribution >= 4 is 24.3 Å². The summed E-state index contributed by atoms with van der Waals surface area (Å²) in [5, 5.41) is 0. The average Bonchev–Trinajstić information content (AvgIpc) is 3.17. The summed E-state index contributed by atoms with van der Waals surface area (Å²) in [6.45, 7) is 10.3. The van der Waals surface area contributed by atoms with E-state index >= 15 is 0 Å². The molecule has 0 atom stereocenters. The number of allylic oxidation sites excluding steroid dienone is 1. The minimum atomic E-state index is 0. The summed E-state index contributed by atoms with van der Waals surface area (Å²) in [5.41, 5.74) is 4.94. The zero-order chi connectivity index (χ0) is 19.9. The van der Waals surface area contributed by atoms with Crippen molar-refractivity contribution in [3.05, 3.63) is 70.3 Å². The van der Waals surface area contributed by atoms with E-state index in [2.05, 4.69) is 17.9 Å². The minimum absolute atomic E-state index is 0. The summed E-state index contributed by atoms with van der Waals surface area (Å²) < 4.78 is 5.95. The lowest BCUT2D eigenvalue weighted by molar-refractivity contribution is 0.104. The number of nitrogens with zero attached hydrogens (tertiary/aromatic N) is 1. The highest BCUT2D eigenvalue weighted by Crippen LogP contribution is 2.23. The number of benzene rings is 2. The fraction of sp³-hybridized carbons (Fsp3) is 0.400. The van der Waals surface area contributed by atoms with Gasteiger partial charge in [0.25, 0.3) is 0 Å². The van der Waals surface area contributed by atoms with Gasteiger partial charge in [-0.3, -0.25) is 4.79 Å². The first-order valence-corrected chi connectivity index (χ1v) is 10.3. The predicted octanol–water partition coefficient (Wildman–Crippen LogP) is 5.79. The predicted molar refractivity (Wildman–Crippen MR) is 123 cm³/mol. The van der Waals surface area contributed by atoms with Gasteiger partial charge in [-0.15, -0.1) is 12.4 Å². The first-order valence-electron chi connectivity index (χ1n) is 10.3. The molecule has 0 amide bonds. The number of halogens is 1. The van der Waals surface area contributed by atoms with Crippen LogP contribution in [0.15, 0.2) is 42.5 Å². The van der Waals surface area contributed by atoms with Crippen LogP contribution in [0.25, 0.3) is 6.08 Å². The van der Waals surface area contributed by atoms with Crippen LogP contribution < -0.4 is 4.74 Å². The molecule has 0 aromatic heterocycles. The zero-order valence-electron chi connectivity index (χ0n) is 17.7. The fourth-order valence-corrected chi connectivity index (χ4v) is 3.90. The molecule has 0 unspecified atom stereocenters. The van der Waals surface area contributed by atoms with E-state index in [9.17, 15) is 4.79 Å². The van der Waals surface area contributed by atoms with Crippen molar-refractivity contribution in [1.82, 2.24) is 4.90 Å². The second kappa shape index (κ2) is 11.2. The SMILES string of the molecule is Cc1ccccc1C=CC(=O)c1c(C)cc(OCCCN2CCCC2)cc1C.Cl. The number of carbonyl (C=O) groups is 1. The second-order valence-corrected chi connectivity index (χ2v) is 7.74. The van der Waals surface area contributed by atoms with Crippen LogP contribution in [0.4, 0.5) is 0 Å². The van der Waals surface area contributed by atoms with Gasteiger partial charge in [0, 0.05) is 12.1 Å². The van der Waals surface area contributed by atoms with Crippen LogP contribution in [0.5, 0.6) is 5.75 Å². The van der Waals surface area contributed by atoms with Crippen molar-refractivity contribution in [2.24, 2.45) is 0 Å². The van der Waals surface area contributed by atoms with Gasteiger partial charge in [0.15, 0.2) is 5.78 Å². The molecule has 3 rings (SSSR count). The topological polar surface area (TPSA) is 29.5 Å². The van der Waals surface area contributed by atoms with Gasteiger partial charge in [-0.05, 0) is 93.6 Å². The van der Waals surface area contributed by atoms with Crippen molar-refractivity contribution in [3.63, 3.8) is 0 Å². The van der Waals surface area contributed by atoms with Crippen LogP contribution in [0, 0.1) is 20.8 Å². The van der Waals surface area contributed by atoms with Gasteiger partial charge in [-0.2, -0.15) is 0 Å². The number of hydrogen-bond donors (Lipinski definition) is 0. The largest absolute Gasteiger partial charge is 0.494 e. The Hall–Kier alpha value is -2.10. The number of likely N-dealkylation sites (tertiary alicyclic amines) is 1. The molecule has 29 heavy (non-hydrogen) atoms. The van der Waals surface area contributed by atoms with Crippen molar-refractivity contribution < 1.29 is 9.53 Å². The summed E-state index contributed by atoms with van der Waals surface area (Å²) in [6, 6.07) is 12.0. The molecule has 0 saturated carbocycles. The number of hydrogen-bond acceptors (Lipinski definition) is 3. The molecular formula is C25H32ClNO2. The molecule has 2 aromatic rings. The lowest BCUT2D eigenvalue weighted by atomic mass is 9.97. The first kappa shape index (κ1) is 23.2. The summed E-state index contributed by atoms with van der Waals surface area (Å²) in [4.78, 5) is 15.3. The molecule has 0 aliphatic carbocycles. The molecule has 1 saturated heterocycles. The van der Waals surface area contributed by atoms with Gasteiger partial charge >= 0.3 is 0 Å². The molecular weight excluding hydrogens is 382 g/mol. The van der Waals surface area contributed by atoms with Gasteiger partial charge < -0.3 is 9.64 Å². The minimum Gasteiger partial charge on any atom is -0.494 e. The first-order chi connectivity index (χ1) is 13.5. The van der Waals surface area contributed by atoms with Crippen LogP contribution >= 0.6 is 12.4 Å². The van der Waals surface area contributed by atoms with E-state index in [1.165, 1.54) is 25.9 Å². The van der Waals surface area contributed by atoms with Crippen LogP contribution in [-0.4, -0.2) is 36.9 Å². The van der Waals surface area contributed by atoms with E-state index in [0.717, 1.165) is 53.1 Å². The highest BCUT2D eigenvalue weighted by atomic mass is 35.5. The number of aryl methyl sites for hydroxylation is 3. The summed E-state index contributed by atoms with van der Waals surface area (Å²) >= 11 is 0. The molecule has 0 radical (unpaired) electrons. The molecule has 0 N–H and O–H groups in total. The van der Waals surface area contributed by atoms with Crippen molar-refractivity contribution in [2.45, 2.75) is 40.0 Å². The third-order valence-corrected chi connectivity index (χ3v) is 5.44. The normalized spacial score (nSPS) is 14.2. The monoisotopic (exact) mass is 413 g/mol. The van der Waals surface area contributed by atoms with Crippen molar-refractivity contribution in [2.75, 3.05) is 26.2 Å². The standard InChI is InChI=1S/C25H31NO2.ClH/c1-19-9-4-5-10-22(19)11-12-24(27)25-20(2)17-23(18-21(25)3)28-16-8-15-26-13-6-7-14-26;/h4-5,9-12,17-18H,6-8,13-16H2,1-3H3;1H. The quantitative estimate of drug-likeness (QED) is 0.311. The smallest absolute Gasteiger partial charge is 0.186 e. The Morgan fingerprint density at radius 1 is 1.03 bits per heavy atom. The highest BCUT2D eigenvalue weighted by molar-refractivity contribution is 6.08. The number of rotatable bonds is 8.